The fraction of sp³-hybridized carbons (Fsp3) is 0.312. The lowest BCUT2D eigenvalue weighted by Gasteiger charge is -2.07. The largest absolute Gasteiger partial charge is 0.372 e. The van der Waals surface area contributed by atoms with Crippen molar-refractivity contribution in [3.8, 4) is 11.5 Å². The Morgan fingerprint density at radius 3 is 2.95 bits per heavy atom. The van der Waals surface area contributed by atoms with Crippen molar-refractivity contribution < 1.29 is 0 Å². The van der Waals surface area contributed by atoms with Gasteiger partial charge in [-0.2, -0.15) is 0 Å². The number of aryl methyl sites for hydroxylation is 3. The quantitative estimate of drug-likeness (QED) is 0.785. The van der Waals surface area contributed by atoms with Gasteiger partial charge in [0.05, 0.1) is 5.39 Å². The minimum atomic E-state index is 0.704. The van der Waals surface area contributed by atoms with Crippen LogP contribution in [0.2, 0.25) is 0 Å². The van der Waals surface area contributed by atoms with E-state index in [4.69, 9.17) is 9.97 Å². The average molecular weight is 296 g/mol. The number of hydrogen-bond donors (Lipinski definition) is 1. The van der Waals surface area contributed by atoms with Gasteiger partial charge in [0.1, 0.15) is 16.3 Å². The third-order valence-electron chi connectivity index (χ3n) is 3.95. The van der Waals surface area contributed by atoms with E-state index >= 15 is 0 Å². The Hall–Kier alpha value is -2.01. The molecule has 3 aromatic rings. The van der Waals surface area contributed by atoms with Crippen LogP contribution in [0.4, 0.5) is 5.82 Å². The van der Waals surface area contributed by atoms with Crippen LogP contribution in [0.15, 0.2) is 18.3 Å². The molecule has 1 N–H and O–H groups in total. The van der Waals surface area contributed by atoms with Crippen LogP contribution in [0.5, 0.6) is 0 Å². The minimum absolute atomic E-state index is 0.704. The lowest BCUT2D eigenvalue weighted by molar-refractivity contribution is 0.917. The molecule has 0 unspecified atom stereocenters. The number of aromatic nitrogens is 3. The second kappa shape index (κ2) is 4.77. The van der Waals surface area contributed by atoms with E-state index in [-0.39, 0.29) is 0 Å². The molecule has 106 valence electrons. The predicted molar refractivity (Wildman–Crippen MR) is 87.0 cm³/mol. The maximum Gasteiger partial charge on any atom is 0.181 e. The van der Waals surface area contributed by atoms with Gasteiger partial charge in [-0.15, -0.1) is 11.3 Å². The van der Waals surface area contributed by atoms with Crippen LogP contribution in [-0.2, 0) is 12.8 Å². The summed E-state index contributed by atoms with van der Waals surface area (Å²) in [6.07, 6.45) is 5.39. The van der Waals surface area contributed by atoms with Gasteiger partial charge in [0.2, 0.25) is 0 Å². The van der Waals surface area contributed by atoms with E-state index in [0.29, 0.717) is 5.82 Å². The smallest absolute Gasteiger partial charge is 0.181 e. The van der Waals surface area contributed by atoms with Gasteiger partial charge in [-0.1, -0.05) is 0 Å². The summed E-state index contributed by atoms with van der Waals surface area (Å²) in [4.78, 5) is 16.4. The van der Waals surface area contributed by atoms with Gasteiger partial charge in [0, 0.05) is 18.1 Å². The van der Waals surface area contributed by atoms with E-state index in [2.05, 4.69) is 17.2 Å². The Balaban J connectivity index is 1.96. The van der Waals surface area contributed by atoms with Crippen molar-refractivity contribution >= 4 is 27.4 Å². The molecule has 0 aliphatic heterocycles. The summed E-state index contributed by atoms with van der Waals surface area (Å²) in [6.45, 7) is 2.06. The number of fused-ring (bicyclic) bond motifs is 3. The zero-order valence-corrected chi connectivity index (χ0v) is 12.9. The van der Waals surface area contributed by atoms with Crippen molar-refractivity contribution in [1.29, 1.82) is 0 Å². The Morgan fingerprint density at radius 1 is 1.24 bits per heavy atom. The summed E-state index contributed by atoms with van der Waals surface area (Å²) >= 11 is 1.81. The van der Waals surface area contributed by atoms with Crippen molar-refractivity contribution in [1.82, 2.24) is 15.0 Å². The van der Waals surface area contributed by atoms with Crippen molar-refractivity contribution in [2.24, 2.45) is 0 Å². The standard InChI is InChI=1S/C16H16N4S/c1-9-6-7-18-11(8-9)14-19-15(17-2)13-10-4-3-5-12(10)21-16(13)20-14/h6-8H,3-5H2,1-2H3,(H,17,19,20). The molecule has 0 atom stereocenters. The molecule has 0 bridgehead atoms. The molecule has 21 heavy (non-hydrogen) atoms. The SMILES string of the molecule is CNc1nc(-c2cc(C)ccn2)nc2sc3c(c12)CCC3. The maximum atomic E-state index is 4.76. The first kappa shape index (κ1) is 12.7. The Morgan fingerprint density at radius 2 is 2.14 bits per heavy atom. The summed E-state index contributed by atoms with van der Waals surface area (Å²) in [5.74, 6) is 1.63. The van der Waals surface area contributed by atoms with Crippen LogP contribution in [0.25, 0.3) is 21.7 Å². The van der Waals surface area contributed by atoms with Gasteiger partial charge in [0.25, 0.3) is 0 Å². The van der Waals surface area contributed by atoms with Crippen molar-refractivity contribution in [2.45, 2.75) is 26.2 Å². The third kappa shape index (κ3) is 2.00. The zero-order valence-electron chi connectivity index (χ0n) is 12.1. The zero-order chi connectivity index (χ0) is 14.4. The molecule has 0 saturated carbocycles. The Kier molecular flexibility index (Phi) is 2.89. The van der Waals surface area contributed by atoms with Gasteiger partial charge >= 0.3 is 0 Å². The number of thiophene rings is 1. The second-order valence-corrected chi connectivity index (χ2v) is 6.49. The highest BCUT2D eigenvalue weighted by atomic mass is 32.1. The van der Waals surface area contributed by atoms with E-state index in [0.717, 1.165) is 22.8 Å². The molecule has 0 fully saturated rings. The fourth-order valence-corrected chi connectivity index (χ4v) is 4.21. The third-order valence-corrected chi connectivity index (χ3v) is 5.13. The number of nitrogens with one attached hydrogen (secondary N) is 1. The van der Waals surface area contributed by atoms with E-state index in [1.54, 1.807) is 0 Å². The van der Waals surface area contributed by atoms with Gasteiger partial charge in [-0.05, 0) is 49.4 Å². The number of hydrogen-bond acceptors (Lipinski definition) is 5. The highest BCUT2D eigenvalue weighted by Gasteiger charge is 2.22. The lowest BCUT2D eigenvalue weighted by atomic mass is 10.2. The van der Waals surface area contributed by atoms with Crippen molar-refractivity contribution in [2.75, 3.05) is 12.4 Å². The van der Waals surface area contributed by atoms with E-state index in [9.17, 15) is 0 Å². The van der Waals surface area contributed by atoms with Crippen molar-refractivity contribution in [3.05, 3.63) is 34.3 Å². The van der Waals surface area contributed by atoms with Crippen LogP contribution in [0, 0.1) is 6.92 Å². The first-order chi connectivity index (χ1) is 10.3. The first-order valence-corrected chi connectivity index (χ1v) is 8.01. The van der Waals surface area contributed by atoms with Gasteiger partial charge < -0.3 is 5.32 Å². The molecule has 0 amide bonds. The first-order valence-electron chi connectivity index (χ1n) is 7.19. The average Bonchev–Trinajstić information content (AvgIpc) is 3.06. The van der Waals surface area contributed by atoms with E-state index < -0.39 is 0 Å². The Bertz CT molecular complexity index is 838. The lowest BCUT2D eigenvalue weighted by Crippen LogP contribution is -1.99. The maximum absolute atomic E-state index is 4.76. The molecule has 4 rings (SSSR count). The van der Waals surface area contributed by atoms with Crippen molar-refractivity contribution in [3.63, 3.8) is 0 Å². The van der Waals surface area contributed by atoms with Crippen LogP contribution in [-0.4, -0.2) is 22.0 Å². The molecular weight excluding hydrogens is 280 g/mol. The topological polar surface area (TPSA) is 50.7 Å². The molecule has 5 heteroatoms. The molecule has 3 aromatic heterocycles. The molecule has 1 aliphatic rings. The summed E-state index contributed by atoms with van der Waals surface area (Å²) in [6, 6.07) is 4.02. The number of pyridine rings is 1. The molecule has 0 radical (unpaired) electrons. The summed E-state index contributed by atoms with van der Waals surface area (Å²) in [5, 5.41) is 4.45. The molecule has 1 aliphatic carbocycles. The second-order valence-electron chi connectivity index (χ2n) is 5.40. The molecule has 4 nitrogen and oxygen atoms in total. The van der Waals surface area contributed by atoms with Crippen LogP contribution >= 0.6 is 11.3 Å². The van der Waals surface area contributed by atoms with Gasteiger partial charge in [-0.25, -0.2) is 9.97 Å². The monoisotopic (exact) mass is 296 g/mol. The molecule has 3 heterocycles. The molecular formula is C16H16N4S. The summed E-state index contributed by atoms with van der Waals surface area (Å²) < 4.78 is 0. The summed E-state index contributed by atoms with van der Waals surface area (Å²) in [7, 11) is 1.92. The van der Waals surface area contributed by atoms with Gasteiger partial charge in [-0.3, -0.25) is 4.98 Å². The highest BCUT2D eigenvalue weighted by molar-refractivity contribution is 7.19. The number of anilines is 1. The Labute approximate surface area is 127 Å². The molecule has 0 saturated heterocycles. The minimum Gasteiger partial charge on any atom is -0.372 e. The van der Waals surface area contributed by atoms with Crippen LogP contribution in [0.1, 0.15) is 22.4 Å². The van der Waals surface area contributed by atoms with Gasteiger partial charge in [0.15, 0.2) is 5.82 Å². The van der Waals surface area contributed by atoms with Crippen LogP contribution in [0.3, 0.4) is 0 Å². The van der Waals surface area contributed by atoms with E-state index in [1.807, 2.05) is 36.7 Å². The fourth-order valence-electron chi connectivity index (χ4n) is 2.95. The number of rotatable bonds is 2. The normalized spacial score (nSPS) is 13.6. The van der Waals surface area contributed by atoms with E-state index in [1.165, 1.54) is 34.2 Å². The van der Waals surface area contributed by atoms with Crippen LogP contribution < -0.4 is 5.32 Å². The molecule has 0 aromatic carbocycles. The molecule has 0 spiro atoms. The predicted octanol–water partition coefficient (Wildman–Crippen LogP) is 3.59. The number of nitrogens with zero attached hydrogens (tertiary/aromatic N) is 3. The highest BCUT2D eigenvalue weighted by Crippen LogP contribution is 2.40. The summed E-state index contributed by atoms with van der Waals surface area (Å²) in [5.41, 5.74) is 3.45.